The van der Waals surface area contributed by atoms with E-state index in [2.05, 4.69) is 20.6 Å². The summed E-state index contributed by atoms with van der Waals surface area (Å²) < 4.78 is 0. The second-order valence-electron chi connectivity index (χ2n) is 5.52. The molecule has 5 nitrogen and oxygen atoms in total. The van der Waals surface area contributed by atoms with Gasteiger partial charge in [-0.1, -0.05) is 6.92 Å². The Morgan fingerprint density at radius 2 is 1.90 bits per heavy atom. The van der Waals surface area contributed by atoms with Crippen LogP contribution in [0.25, 0.3) is 11.0 Å². The number of fused-ring (bicyclic) bond motifs is 1. The number of carbonyl (C=O) groups is 1. The van der Waals surface area contributed by atoms with Crippen LogP contribution in [-0.2, 0) is 4.79 Å². The first-order valence-electron chi connectivity index (χ1n) is 6.90. The third-order valence-corrected chi connectivity index (χ3v) is 3.98. The van der Waals surface area contributed by atoms with Crippen molar-refractivity contribution in [1.29, 1.82) is 0 Å². The van der Waals surface area contributed by atoms with Gasteiger partial charge in [0.05, 0.1) is 11.0 Å². The third-order valence-electron chi connectivity index (χ3n) is 3.98. The normalized spacial score (nSPS) is 17.9. The van der Waals surface area contributed by atoms with Gasteiger partial charge in [-0.2, -0.15) is 0 Å². The van der Waals surface area contributed by atoms with Crippen LogP contribution in [0.2, 0.25) is 0 Å². The van der Waals surface area contributed by atoms with Crippen LogP contribution in [0.5, 0.6) is 0 Å². The van der Waals surface area contributed by atoms with E-state index < -0.39 is 0 Å². The Balaban J connectivity index is 1.80. The first-order chi connectivity index (χ1) is 9.67. The summed E-state index contributed by atoms with van der Waals surface area (Å²) in [5, 5.41) is 6.29. The van der Waals surface area contributed by atoms with Gasteiger partial charge in [0.25, 0.3) is 0 Å². The Morgan fingerprint density at radius 3 is 2.65 bits per heavy atom. The number of carbonyl (C=O) groups excluding carboxylic acids is 1. The molecule has 1 amide bonds. The quantitative estimate of drug-likeness (QED) is 0.875. The van der Waals surface area contributed by atoms with Gasteiger partial charge >= 0.3 is 0 Å². The molecule has 0 aliphatic carbocycles. The average Bonchev–Trinajstić information content (AvgIpc) is 2.48. The van der Waals surface area contributed by atoms with E-state index in [1.165, 1.54) is 0 Å². The van der Waals surface area contributed by atoms with Crippen molar-refractivity contribution in [2.24, 2.45) is 5.41 Å². The van der Waals surface area contributed by atoms with Crippen LogP contribution in [0.4, 0.5) is 5.69 Å². The predicted octanol–water partition coefficient (Wildman–Crippen LogP) is 1.96. The third kappa shape index (κ3) is 2.49. The molecule has 104 valence electrons. The van der Waals surface area contributed by atoms with E-state index >= 15 is 0 Å². The lowest BCUT2D eigenvalue weighted by Gasteiger charge is -2.32. The molecule has 0 spiro atoms. The SMILES string of the molecule is CC1(C(=O)Nc2ccc3nccnc3c2)CCNCC1. The highest BCUT2D eigenvalue weighted by Crippen LogP contribution is 2.29. The summed E-state index contributed by atoms with van der Waals surface area (Å²) >= 11 is 0. The lowest BCUT2D eigenvalue weighted by molar-refractivity contribution is -0.126. The van der Waals surface area contributed by atoms with Crippen LogP contribution < -0.4 is 10.6 Å². The number of benzene rings is 1. The topological polar surface area (TPSA) is 66.9 Å². The molecule has 1 aromatic heterocycles. The fraction of sp³-hybridized carbons (Fsp3) is 0.400. The Hall–Kier alpha value is -2.01. The summed E-state index contributed by atoms with van der Waals surface area (Å²) in [4.78, 5) is 20.9. The van der Waals surface area contributed by atoms with Crippen molar-refractivity contribution < 1.29 is 4.79 Å². The molecule has 2 aromatic rings. The number of rotatable bonds is 2. The van der Waals surface area contributed by atoms with Gasteiger partial charge in [0, 0.05) is 23.5 Å². The molecule has 1 aliphatic rings. The van der Waals surface area contributed by atoms with Gasteiger partial charge in [0.1, 0.15) is 0 Å². The van der Waals surface area contributed by atoms with Gasteiger partial charge in [-0.15, -0.1) is 0 Å². The maximum absolute atomic E-state index is 12.5. The number of aromatic nitrogens is 2. The van der Waals surface area contributed by atoms with Crippen molar-refractivity contribution >= 4 is 22.6 Å². The molecular formula is C15H18N4O. The minimum atomic E-state index is -0.289. The number of anilines is 1. The summed E-state index contributed by atoms with van der Waals surface area (Å²) in [5.74, 6) is 0.0854. The van der Waals surface area contributed by atoms with E-state index in [1.54, 1.807) is 12.4 Å². The smallest absolute Gasteiger partial charge is 0.230 e. The van der Waals surface area contributed by atoms with E-state index in [9.17, 15) is 4.79 Å². The van der Waals surface area contributed by atoms with Gasteiger partial charge in [-0.25, -0.2) is 0 Å². The van der Waals surface area contributed by atoms with Gasteiger partial charge in [0.15, 0.2) is 0 Å². The Bertz CT molecular complexity index is 635. The maximum Gasteiger partial charge on any atom is 0.230 e. The van der Waals surface area contributed by atoms with Crippen LogP contribution in [0.1, 0.15) is 19.8 Å². The summed E-state index contributed by atoms with van der Waals surface area (Å²) in [6.45, 7) is 3.82. The lowest BCUT2D eigenvalue weighted by atomic mass is 9.80. The monoisotopic (exact) mass is 270 g/mol. The molecule has 1 saturated heterocycles. The molecule has 1 fully saturated rings. The van der Waals surface area contributed by atoms with Crippen molar-refractivity contribution in [3.8, 4) is 0 Å². The number of nitrogens with zero attached hydrogens (tertiary/aromatic N) is 2. The van der Waals surface area contributed by atoms with E-state index in [0.717, 1.165) is 42.7 Å². The van der Waals surface area contributed by atoms with Crippen LogP contribution in [-0.4, -0.2) is 29.0 Å². The van der Waals surface area contributed by atoms with Gasteiger partial charge in [-0.3, -0.25) is 14.8 Å². The molecule has 0 unspecified atom stereocenters. The number of amides is 1. The van der Waals surface area contributed by atoms with Crippen LogP contribution in [0.3, 0.4) is 0 Å². The van der Waals surface area contributed by atoms with Crippen molar-refractivity contribution in [1.82, 2.24) is 15.3 Å². The molecule has 0 atom stereocenters. The van der Waals surface area contributed by atoms with E-state index in [4.69, 9.17) is 0 Å². The summed E-state index contributed by atoms with van der Waals surface area (Å²) in [7, 11) is 0. The minimum absolute atomic E-state index is 0.0854. The molecule has 2 N–H and O–H groups in total. The molecule has 5 heteroatoms. The maximum atomic E-state index is 12.5. The molecular weight excluding hydrogens is 252 g/mol. The molecule has 3 rings (SSSR count). The standard InChI is InChI=1S/C15H18N4O/c1-15(4-6-16-7-5-15)14(20)19-11-2-3-12-13(10-11)18-9-8-17-12/h2-3,8-10,16H,4-7H2,1H3,(H,19,20). The molecule has 20 heavy (non-hydrogen) atoms. The number of hydrogen-bond donors (Lipinski definition) is 2. The van der Waals surface area contributed by atoms with E-state index in [0.29, 0.717) is 0 Å². The van der Waals surface area contributed by atoms with Gasteiger partial charge in [0.2, 0.25) is 5.91 Å². The van der Waals surface area contributed by atoms with Crippen molar-refractivity contribution in [3.63, 3.8) is 0 Å². The molecule has 1 aliphatic heterocycles. The van der Waals surface area contributed by atoms with Crippen molar-refractivity contribution in [2.75, 3.05) is 18.4 Å². The summed E-state index contributed by atoms with van der Waals surface area (Å²) in [6, 6.07) is 5.62. The Kier molecular flexibility index (Phi) is 3.36. The minimum Gasteiger partial charge on any atom is -0.326 e. The van der Waals surface area contributed by atoms with Crippen LogP contribution in [0, 0.1) is 5.41 Å². The Morgan fingerprint density at radius 1 is 1.20 bits per heavy atom. The second kappa shape index (κ2) is 5.17. The van der Waals surface area contributed by atoms with Gasteiger partial charge < -0.3 is 10.6 Å². The number of hydrogen-bond acceptors (Lipinski definition) is 4. The number of piperidine rings is 1. The zero-order valence-corrected chi connectivity index (χ0v) is 11.5. The summed E-state index contributed by atoms with van der Waals surface area (Å²) in [5.41, 5.74) is 2.12. The van der Waals surface area contributed by atoms with Crippen LogP contribution in [0.15, 0.2) is 30.6 Å². The first-order valence-corrected chi connectivity index (χ1v) is 6.90. The zero-order valence-electron chi connectivity index (χ0n) is 11.5. The second-order valence-corrected chi connectivity index (χ2v) is 5.52. The lowest BCUT2D eigenvalue weighted by Crippen LogP contribution is -2.42. The molecule has 2 heterocycles. The molecule has 0 saturated carbocycles. The fourth-order valence-corrected chi connectivity index (χ4v) is 2.53. The van der Waals surface area contributed by atoms with Crippen molar-refractivity contribution in [2.45, 2.75) is 19.8 Å². The molecule has 0 bridgehead atoms. The van der Waals surface area contributed by atoms with E-state index in [-0.39, 0.29) is 11.3 Å². The highest BCUT2D eigenvalue weighted by Gasteiger charge is 2.34. The number of nitrogens with one attached hydrogen (secondary N) is 2. The largest absolute Gasteiger partial charge is 0.326 e. The fourth-order valence-electron chi connectivity index (χ4n) is 2.53. The van der Waals surface area contributed by atoms with Gasteiger partial charge in [-0.05, 0) is 44.1 Å². The van der Waals surface area contributed by atoms with Crippen molar-refractivity contribution in [3.05, 3.63) is 30.6 Å². The zero-order chi connectivity index (χ0) is 14.0. The highest BCUT2D eigenvalue weighted by molar-refractivity contribution is 5.96. The summed E-state index contributed by atoms with van der Waals surface area (Å²) in [6.07, 6.45) is 5.05. The molecule has 0 radical (unpaired) electrons. The predicted molar refractivity (Wildman–Crippen MR) is 78.4 cm³/mol. The average molecular weight is 270 g/mol. The van der Waals surface area contributed by atoms with E-state index in [1.807, 2.05) is 25.1 Å². The Labute approximate surface area is 117 Å². The first kappa shape index (κ1) is 13.0. The van der Waals surface area contributed by atoms with Crippen LogP contribution >= 0.6 is 0 Å². The molecule has 1 aromatic carbocycles. The highest BCUT2D eigenvalue weighted by atomic mass is 16.2.